The Bertz CT molecular complexity index is 677. The molecule has 2 rings (SSSR count). The number of aromatic nitrogens is 2. The molecule has 0 spiro atoms. The van der Waals surface area contributed by atoms with Crippen LogP contribution < -0.4 is 11.1 Å². The lowest BCUT2D eigenvalue weighted by molar-refractivity contribution is -0.384. The van der Waals surface area contributed by atoms with Crippen molar-refractivity contribution in [3.05, 3.63) is 52.6 Å². The van der Waals surface area contributed by atoms with Gasteiger partial charge in [-0.15, -0.1) is 24.8 Å². The minimum absolute atomic E-state index is 0. The first-order valence-corrected chi connectivity index (χ1v) is 6.79. The minimum Gasteiger partial charge on any atom is -0.352 e. The van der Waals surface area contributed by atoms with Crippen molar-refractivity contribution < 1.29 is 9.72 Å². The van der Waals surface area contributed by atoms with Gasteiger partial charge in [0.15, 0.2) is 0 Å². The highest BCUT2D eigenvalue weighted by Gasteiger charge is 2.18. The van der Waals surface area contributed by atoms with Crippen LogP contribution in [0.5, 0.6) is 0 Å². The molecule has 0 radical (unpaired) electrons. The number of hydrogen-bond acceptors (Lipinski definition) is 5. The number of nitrogens with one attached hydrogen (secondary N) is 1. The van der Waals surface area contributed by atoms with Gasteiger partial charge in [-0.3, -0.25) is 14.9 Å². The van der Waals surface area contributed by atoms with Crippen molar-refractivity contribution in [2.45, 2.75) is 19.4 Å². The topological polar surface area (TPSA) is 116 Å². The van der Waals surface area contributed by atoms with E-state index >= 15 is 0 Å². The molecular weight excluding hydrogens is 357 g/mol. The molecule has 132 valence electrons. The second kappa shape index (κ2) is 9.86. The molecule has 8 nitrogen and oxygen atoms in total. The van der Waals surface area contributed by atoms with Crippen LogP contribution >= 0.6 is 24.8 Å². The van der Waals surface area contributed by atoms with E-state index in [4.69, 9.17) is 5.73 Å². The number of carbonyl (C=O) groups is 1. The van der Waals surface area contributed by atoms with Gasteiger partial charge < -0.3 is 15.6 Å². The fourth-order valence-electron chi connectivity index (χ4n) is 1.95. The highest BCUT2D eigenvalue weighted by molar-refractivity contribution is 5.95. The molecule has 1 atom stereocenters. The molecule has 0 aliphatic heterocycles. The number of nitrogens with two attached hydrogens (primary N) is 1. The second-order valence-corrected chi connectivity index (χ2v) is 4.95. The van der Waals surface area contributed by atoms with Gasteiger partial charge in [0.25, 0.3) is 11.6 Å². The Morgan fingerprint density at radius 3 is 2.71 bits per heavy atom. The summed E-state index contributed by atoms with van der Waals surface area (Å²) in [7, 11) is 0. The molecule has 0 saturated carbocycles. The molecule has 1 unspecified atom stereocenters. The number of nitro groups is 1. The Kier molecular flexibility index (Phi) is 8.97. The average Bonchev–Trinajstić information content (AvgIpc) is 3.00. The van der Waals surface area contributed by atoms with Crippen LogP contribution in [-0.4, -0.2) is 33.0 Å². The maximum absolute atomic E-state index is 12.0. The van der Waals surface area contributed by atoms with E-state index in [9.17, 15) is 14.9 Å². The summed E-state index contributed by atoms with van der Waals surface area (Å²) in [5.74, 6) is -0.360. The summed E-state index contributed by atoms with van der Waals surface area (Å²) in [6, 6.07) is 4.32. The van der Waals surface area contributed by atoms with Crippen LogP contribution in [0.15, 0.2) is 36.9 Å². The predicted molar refractivity (Wildman–Crippen MR) is 95.3 cm³/mol. The molecule has 0 bridgehead atoms. The molecule has 1 heterocycles. The van der Waals surface area contributed by atoms with E-state index in [-0.39, 0.29) is 48.0 Å². The molecule has 2 aromatic rings. The number of rotatable bonds is 6. The van der Waals surface area contributed by atoms with E-state index in [1.165, 1.54) is 29.2 Å². The van der Waals surface area contributed by atoms with E-state index < -0.39 is 4.92 Å². The smallest absolute Gasteiger partial charge is 0.294 e. The molecule has 0 fully saturated rings. The zero-order valence-electron chi connectivity index (χ0n) is 12.9. The first kappa shape index (κ1) is 21.8. The van der Waals surface area contributed by atoms with Crippen LogP contribution in [0.2, 0.25) is 0 Å². The van der Waals surface area contributed by atoms with Gasteiger partial charge in [-0.2, -0.15) is 0 Å². The number of carbonyl (C=O) groups excluding carboxylic acids is 1. The highest BCUT2D eigenvalue weighted by atomic mass is 35.5. The third-order valence-electron chi connectivity index (χ3n) is 3.10. The lowest BCUT2D eigenvalue weighted by Gasteiger charge is -2.09. The molecule has 3 N–H and O–H groups in total. The van der Waals surface area contributed by atoms with Gasteiger partial charge in [0.05, 0.1) is 11.3 Å². The highest BCUT2D eigenvalue weighted by Crippen LogP contribution is 2.24. The fraction of sp³-hybridized carbons (Fsp3) is 0.286. The summed E-state index contributed by atoms with van der Waals surface area (Å²) >= 11 is 0. The van der Waals surface area contributed by atoms with Crippen LogP contribution in [0.3, 0.4) is 0 Å². The molecule has 0 aliphatic carbocycles. The monoisotopic (exact) mass is 375 g/mol. The Balaban J connectivity index is 0.00000264. The van der Waals surface area contributed by atoms with Crippen molar-refractivity contribution in [3.8, 4) is 5.69 Å². The summed E-state index contributed by atoms with van der Waals surface area (Å²) in [6.07, 6.45) is 5.23. The van der Waals surface area contributed by atoms with Gasteiger partial charge >= 0.3 is 0 Å². The minimum atomic E-state index is -0.520. The summed E-state index contributed by atoms with van der Waals surface area (Å²) in [5, 5.41) is 13.9. The van der Waals surface area contributed by atoms with Gasteiger partial charge in [0.2, 0.25) is 0 Å². The van der Waals surface area contributed by atoms with E-state index in [1.807, 2.05) is 6.92 Å². The molecule has 1 aromatic carbocycles. The van der Waals surface area contributed by atoms with Gasteiger partial charge in [-0.1, -0.05) is 0 Å². The van der Waals surface area contributed by atoms with Gasteiger partial charge in [-0.25, -0.2) is 4.98 Å². The van der Waals surface area contributed by atoms with Crippen LogP contribution in [0.1, 0.15) is 23.7 Å². The number of hydrogen-bond donors (Lipinski definition) is 2. The van der Waals surface area contributed by atoms with Crippen LogP contribution in [0.25, 0.3) is 5.69 Å². The second-order valence-electron chi connectivity index (χ2n) is 4.95. The Labute approximate surface area is 151 Å². The molecule has 0 saturated heterocycles. The SMILES string of the molecule is CC(N)CCNC(=O)c1ccc(-n2ccnc2)c([N+](=O)[O-])c1.Cl.Cl. The molecule has 1 amide bonds. The van der Waals surface area contributed by atoms with Crippen molar-refractivity contribution in [1.82, 2.24) is 14.9 Å². The van der Waals surface area contributed by atoms with Crippen molar-refractivity contribution in [1.29, 1.82) is 0 Å². The number of imidazole rings is 1. The van der Waals surface area contributed by atoms with E-state index in [2.05, 4.69) is 10.3 Å². The zero-order chi connectivity index (χ0) is 16.1. The van der Waals surface area contributed by atoms with Gasteiger partial charge in [0, 0.05) is 36.6 Å². The predicted octanol–water partition coefficient (Wildman–Crippen LogP) is 2.09. The third-order valence-corrected chi connectivity index (χ3v) is 3.10. The van der Waals surface area contributed by atoms with E-state index in [0.29, 0.717) is 18.7 Å². The number of amides is 1. The van der Waals surface area contributed by atoms with E-state index in [0.717, 1.165) is 0 Å². The lowest BCUT2D eigenvalue weighted by Crippen LogP contribution is -2.29. The third kappa shape index (κ3) is 5.48. The number of nitro benzene ring substituents is 1. The Hall–Kier alpha value is -2.16. The average molecular weight is 376 g/mol. The Morgan fingerprint density at radius 1 is 1.46 bits per heavy atom. The number of nitrogens with zero attached hydrogens (tertiary/aromatic N) is 3. The van der Waals surface area contributed by atoms with Crippen molar-refractivity contribution in [2.24, 2.45) is 5.73 Å². The molecule has 1 aromatic heterocycles. The maximum Gasteiger partial charge on any atom is 0.294 e. The fourth-order valence-corrected chi connectivity index (χ4v) is 1.95. The quantitative estimate of drug-likeness (QED) is 0.592. The lowest BCUT2D eigenvalue weighted by atomic mass is 10.1. The van der Waals surface area contributed by atoms with Crippen molar-refractivity contribution in [2.75, 3.05) is 6.54 Å². The summed E-state index contributed by atoms with van der Waals surface area (Å²) in [6.45, 7) is 2.27. The van der Waals surface area contributed by atoms with Crippen LogP contribution in [0, 0.1) is 10.1 Å². The molecule has 0 aliphatic rings. The standard InChI is InChI=1S/C14H17N5O3.2ClH/c1-10(15)4-5-17-14(20)11-2-3-12(13(8-11)19(21)22)18-7-6-16-9-18;;/h2-3,6-10H,4-5,15H2,1H3,(H,17,20);2*1H. The number of benzene rings is 1. The largest absolute Gasteiger partial charge is 0.352 e. The summed E-state index contributed by atoms with van der Waals surface area (Å²) in [5.41, 5.74) is 6.04. The van der Waals surface area contributed by atoms with Gasteiger partial charge in [-0.05, 0) is 25.5 Å². The number of halogens is 2. The van der Waals surface area contributed by atoms with Crippen LogP contribution in [-0.2, 0) is 0 Å². The molecule has 24 heavy (non-hydrogen) atoms. The molecular formula is C14H19Cl2N5O3. The zero-order valence-corrected chi connectivity index (χ0v) is 14.5. The van der Waals surface area contributed by atoms with Gasteiger partial charge in [0.1, 0.15) is 5.69 Å². The maximum atomic E-state index is 12.0. The van der Waals surface area contributed by atoms with Crippen molar-refractivity contribution in [3.63, 3.8) is 0 Å². The summed E-state index contributed by atoms with van der Waals surface area (Å²) < 4.78 is 1.52. The van der Waals surface area contributed by atoms with Crippen molar-refractivity contribution >= 4 is 36.4 Å². The summed E-state index contributed by atoms with van der Waals surface area (Å²) in [4.78, 5) is 26.6. The molecule has 10 heteroatoms. The van der Waals surface area contributed by atoms with Crippen LogP contribution in [0.4, 0.5) is 5.69 Å². The normalized spacial score (nSPS) is 10.9. The van der Waals surface area contributed by atoms with E-state index in [1.54, 1.807) is 12.3 Å². The Morgan fingerprint density at radius 2 is 2.17 bits per heavy atom. The first-order valence-electron chi connectivity index (χ1n) is 6.79. The first-order chi connectivity index (χ1) is 10.5.